The van der Waals surface area contributed by atoms with E-state index in [1.54, 1.807) is 0 Å². The minimum absolute atomic E-state index is 0.0316. The van der Waals surface area contributed by atoms with Gasteiger partial charge in [-0.15, -0.1) is 0 Å². The van der Waals surface area contributed by atoms with Gasteiger partial charge in [-0.25, -0.2) is 4.98 Å². The SMILES string of the molecule is Cc1nc2c([nH]1)C[C@H](C(=O)NCCOc1ccccc1)CC2. The molecule has 0 unspecified atom stereocenters. The van der Waals surface area contributed by atoms with E-state index in [4.69, 9.17) is 4.74 Å². The molecule has 1 amide bonds. The Morgan fingerprint density at radius 2 is 2.23 bits per heavy atom. The third kappa shape index (κ3) is 3.47. The third-order valence-corrected chi connectivity index (χ3v) is 3.95. The summed E-state index contributed by atoms with van der Waals surface area (Å²) < 4.78 is 5.57. The zero-order valence-corrected chi connectivity index (χ0v) is 12.8. The molecule has 2 N–H and O–H groups in total. The first kappa shape index (κ1) is 14.6. The van der Waals surface area contributed by atoms with E-state index in [1.807, 2.05) is 37.3 Å². The highest BCUT2D eigenvalue weighted by Gasteiger charge is 2.26. The number of aryl methyl sites for hydroxylation is 2. The van der Waals surface area contributed by atoms with Gasteiger partial charge in [0.1, 0.15) is 18.2 Å². The molecule has 0 aliphatic heterocycles. The van der Waals surface area contributed by atoms with E-state index in [0.717, 1.165) is 42.2 Å². The molecule has 22 heavy (non-hydrogen) atoms. The minimum Gasteiger partial charge on any atom is -0.492 e. The van der Waals surface area contributed by atoms with E-state index in [0.29, 0.717) is 13.2 Å². The van der Waals surface area contributed by atoms with Crippen molar-refractivity contribution in [3.8, 4) is 5.75 Å². The van der Waals surface area contributed by atoms with Gasteiger partial charge in [-0.3, -0.25) is 4.79 Å². The second kappa shape index (κ2) is 6.64. The summed E-state index contributed by atoms with van der Waals surface area (Å²) in [6.07, 6.45) is 2.49. The van der Waals surface area contributed by atoms with Crippen molar-refractivity contribution in [2.24, 2.45) is 5.92 Å². The van der Waals surface area contributed by atoms with Crippen molar-refractivity contribution in [2.45, 2.75) is 26.2 Å². The van der Waals surface area contributed by atoms with Crippen LogP contribution in [0.5, 0.6) is 5.75 Å². The zero-order valence-electron chi connectivity index (χ0n) is 12.8. The molecule has 5 heteroatoms. The van der Waals surface area contributed by atoms with Gasteiger partial charge in [0.2, 0.25) is 5.91 Å². The van der Waals surface area contributed by atoms with Crippen molar-refractivity contribution in [2.75, 3.05) is 13.2 Å². The molecule has 5 nitrogen and oxygen atoms in total. The minimum atomic E-state index is 0.0316. The number of H-pyrrole nitrogens is 1. The Hall–Kier alpha value is -2.30. The summed E-state index contributed by atoms with van der Waals surface area (Å²) in [6.45, 7) is 2.96. The van der Waals surface area contributed by atoms with Gasteiger partial charge < -0.3 is 15.0 Å². The van der Waals surface area contributed by atoms with Crippen LogP contribution in [-0.2, 0) is 17.6 Å². The highest BCUT2D eigenvalue weighted by Crippen LogP contribution is 2.23. The van der Waals surface area contributed by atoms with Gasteiger partial charge in [0, 0.05) is 18.0 Å². The lowest BCUT2D eigenvalue weighted by molar-refractivity contribution is -0.125. The monoisotopic (exact) mass is 299 g/mol. The summed E-state index contributed by atoms with van der Waals surface area (Å²) in [4.78, 5) is 19.9. The molecule has 1 atom stereocenters. The standard InChI is InChI=1S/C17H21N3O2/c1-12-19-15-8-7-13(11-16(15)20-12)17(21)18-9-10-22-14-5-3-2-4-6-14/h2-6,13H,7-11H2,1H3,(H,18,21)(H,19,20)/t13-/m1/s1. The number of rotatable bonds is 5. The number of fused-ring (bicyclic) bond motifs is 1. The molecular weight excluding hydrogens is 278 g/mol. The van der Waals surface area contributed by atoms with E-state index in [-0.39, 0.29) is 11.8 Å². The van der Waals surface area contributed by atoms with Crippen LogP contribution < -0.4 is 10.1 Å². The maximum absolute atomic E-state index is 12.2. The molecule has 2 aromatic rings. The summed E-state index contributed by atoms with van der Waals surface area (Å²) >= 11 is 0. The Balaban J connectivity index is 1.43. The molecule has 116 valence electrons. The van der Waals surface area contributed by atoms with Crippen molar-refractivity contribution >= 4 is 5.91 Å². The fourth-order valence-corrected chi connectivity index (χ4v) is 2.85. The molecule has 3 rings (SSSR count). The second-order valence-electron chi connectivity index (χ2n) is 5.64. The van der Waals surface area contributed by atoms with Crippen LogP contribution in [-0.4, -0.2) is 29.0 Å². The maximum Gasteiger partial charge on any atom is 0.223 e. The molecule has 0 spiro atoms. The molecule has 1 aromatic carbocycles. The smallest absolute Gasteiger partial charge is 0.223 e. The van der Waals surface area contributed by atoms with Crippen LogP contribution in [0.4, 0.5) is 0 Å². The van der Waals surface area contributed by atoms with Gasteiger partial charge in [-0.1, -0.05) is 18.2 Å². The van der Waals surface area contributed by atoms with Gasteiger partial charge in [-0.05, 0) is 31.9 Å². The zero-order chi connectivity index (χ0) is 15.4. The van der Waals surface area contributed by atoms with Gasteiger partial charge in [0.15, 0.2) is 0 Å². The number of nitrogens with zero attached hydrogens (tertiary/aromatic N) is 1. The fourth-order valence-electron chi connectivity index (χ4n) is 2.85. The number of para-hydroxylation sites is 1. The molecule has 0 saturated carbocycles. The first-order chi connectivity index (χ1) is 10.7. The molecule has 0 radical (unpaired) electrons. The summed E-state index contributed by atoms with van der Waals surface area (Å²) in [5, 5.41) is 2.96. The normalized spacial score (nSPS) is 16.9. The van der Waals surface area contributed by atoms with Crippen molar-refractivity contribution in [1.82, 2.24) is 15.3 Å². The quantitative estimate of drug-likeness (QED) is 0.830. The van der Waals surface area contributed by atoms with Gasteiger partial charge >= 0.3 is 0 Å². The summed E-state index contributed by atoms with van der Waals surface area (Å²) in [5.41, 5.74) is 2.23. The van der Waals surface area contributed by atoms with E-state index in [1.165, 1.54) is 0 Å². The third-order valence-electron chi connectivity index (χ3n) is 3.95. The molecule has 0 bridgehead atoms. The van der Waals surface area contributed by atoms with Crippen LogP contribution in [0, 0.1) is 12.8 Å². The molecule has 0 fully saturated rings. The van der Waals surface area contributed by atoms with Crippen LogP contribution in [0.2, 0.25) is 0 Å². The number of imidazole rings is 1. The van der Waals surface area contributed by atoms with Gasteiger partial charge in [0.25, 0.3) is 0 Å². The average Bonchev–Trinajstić information content (AvgIpc) is 2.91. The number of benzene rings is 1. The molecule has 1 aliphatic carbocycles. The van der Waals surface area contributed by atoms with Gasteiger partial charge in [-0.2, -0.15) is 0 Å². The van der Waals surface area contributed by atoms with Crippen LogP contribution in [0.15, 0.2) is 30.3 Å². The topological polar surface area (TPSA) is 67.0 Å². The molecular formula is C17H21N3O2. The lowest BCUT2D eigenvalue weighted by atomic mass is 9.89. The number of amides is 1. The molecule has 1 aliphatic rings. The van der Waals surface area contributed by atoms with E-state index in [2.05, 4.69) is 15.3 Å². The Kier molecular flexibility index (Phi) is 4.42. The maximum atomic E-state index is 12.2. The lowest BCUT2D eigenvalue weighted by Gasteiger charge is -2.20. The summed E-state index contributed by atoms with van der Waals surface area (Å²) in [5.74, 6) is 1.90. The van der Waals surface area contributed by atoms with Crippen LogP contribution in [0.25, 0.3) is 0 Å². The fraction of sp³-hybridized carbons (Fsp3) is 0.412. The Morgan fingerprint density at radius 3 is 3.05 bits per heavy atom. The molecule has 0 saturated heterocycles. The van der Waals surface area contributed by atoms with Gasteiger partial charge in [0.05, 0.1) is 12.2 Å². The van der Waals surface area contributed by atoms with Crippen molar-refractivity contribution in [3.63, 3.8) is 0 Å². The number of hydrogen-bond acceptors (Lipinski definition) is 3. The highest BCUT2D eigenvalue weighted by atomic mass is 16.5. The predicted molar refractivity (Wildman–Crippen MR) is 83.8 cm³/mol. The van der Waals surface area contributed by atoms with Crippen LogP contribution in [0.1, 0.15) is 23.6 Å². The van der Waals surface area contributed by atoms with Crippen molar-refractivity contribution in [1.29, 1.82) is 0 Å². The predicted octanol–water partition coefficient (Wildman–Crippen LogP) is 2.02. The molecule has 1 heterocycles. The Morgan fingerprint density at radius 1 is 1.41 bits per heavy atom. The highest BCUT2D eigenvalue weighted by molar-refractivity contribution is 5.79. The molecule has 1 aromatic heterocycles. The summed E-state index contributed by atoms with van der Waals surface area (Å²) in [7, 11) is 0. The average molecular weight is 299 g/mol. The Bertz CT molecular complexity index is 637. The summed E-state index contributed by atoms with van der Waals surface area (Å²) in [6, 6.07) is 9.62. The number of aromatic amines is 1. The van der Waals surface area contributed by atoms with E-state index >= 15 is 0 Å². The second-order valence-corrected chi connectivity index (χ2v) is 5.64. The number of carbonyl (C=O) groups excluding carboxylic acids is 1. The van der Waals surface area contributed by atoms with E-state index < -0.39 is 0 Å². The number of nitrogens with one attached hydrogen (secondary N) is 2. The first-order valence-electron chi connectivity index (χ1n) is 7.72. The van der Waals surface area contributed by atoms with Crippen LogP contribution in [0.3, 0.4) is 0 Å². The van der Waals surface area contributed by atoms with Crippen molar-refractivity contribution < 1.29 is 9.53 Å². The number of ether oxygens (including phenoxy) is 1. The Labute approximate surface area is 130 Å². The first-order valence-corrected chi connectivity index (χ1v) is 7.72. The van der Waals surface area contributed by atoms with E-state index in [9.17, 15) is 4.79 Å². The largest absolute Gasteiger partial charge is 0.492 e. The number of hydrogen-bond donors (Lipinski definition) is 2. The lowest BCUT2D eigenvalue weighted by Crippen LogP contribution is -2.36. The van der Waals surface area contributed by atoms with Crippen LogP contribution >= 0.6 is 0 Å². The number of carbonyl (C=O) groups is 1. The van der Waals surface area contributed by atoms with Crippen molar-refractivity contribution in [3.05, 3.63) is 47.5 Å². The number of aromatic nitrogens is 2.